The Morgan fingerprint density at radius 3 is 2.58 bits per heavy atom. The second-order valence-electron chi connectivity index (χ2n) is 8.15. The average Bonchev–Trinajstić information content (AvgIpc) is 3.35. The van der Waals surface area contributed by atoms with Gasteiger partial charge in [0, 0.05) is 29.0 Å². The lowest BCUT2D eigenvalue weighted by atomic mass is 9.90. The lowest BCUT2D eigenvalue weighted by Crippen LogP contribution is -2.28. The van der Waals surface area contributed by atoms with E-state index in [0.29, 0.717) is 11.5 Å². The summed E-state index contributed by atoms with van der Waals surface area (Å²) in [6, 6.07) is 12.0. The van der Waals surface area contributed by atoms with Crippen molar-refractivity contribution in [2.75, 3.05) is 13.1 Å². The fraction of sp³-hybridized carbons (Fsp3) is 0.280. The summed E-state index contributed by atoms with van der Waals surface area (Å²) in [5.41, 5.74) is 3.48. The molecule has 0 unspecified atom stereocenters. The zero-order valence-corrected chi connectivity index (χ0v) is 17.3. The third-order valence-corrected chi connectivity index (χ3v) is 5.95. The van der Waals surface area contributed by atoms with Gasteiger partial charge in [0.2, 0.25) is 0 Å². The van der Waals surface area contributed by atoms with Crippen LogP contribution >= 0.6 is 0 Å². The first-order valence-corrected chi connectivity index (χ1v) is 10.7. The topological polar surface area (TPSA) is 80.9 Å². The van der Waals surface area contributed by atoms with E-state index in [-0.39, 0.29) is 12.2 Å². The van der Waals surface area contributed by atoms with Gasteiger partial charge in [-0.25, -0.2) is 4.98 Å². The number of piperidine rings is 1. The molecule has 1 aliphatic rings. The molecule has 0 radical (unpaired) electrons. The van der Waals surface area contributed by atoms with Crippen LogP contribution in [-0.4, -0.2) is 33.8 Å². The Bertz CT molecular complexity index is 1180. The van der Waals surface area contributed by atoms with E-state index in [1.54, 1.807) is 18.6 Å². The van der Waals surface area contributed by atoms with Gasteiger partial charge < -0.3 is 9.73 Å². The Morgan fingerprint density at radius 2 is 1.81 bits per heavy atom. The highest BCUT2D eigenvalue weighted by molar-refractivity contribution is 5.97. The van der Waals surface area contributed by atoms with Crippen LogP contribution in [0.1, 0.15) is 34.5 Å². The van der Waals surface area contributed by atoms with Crippen molar-refractivity contribution in [2.24, 2.45) is 5.92 Å². The Hall–Kier alpha value is -3.38. The molecule has 0 saturated carbocycles. The molecule has 5 rings (SSSR count). The van der Waals surface area contributed by atoms with Crippen molar-refractivity contribution in [1.29, 1.82) is 0 Å². The average molecular weight is 412 g/mol. The maximum atomic E-state index is 12.8. The van der Waals surface area contributed by atoms with E-state index in [1.807, 2.05) is 24.3 Å². The van der Waals surface area contributed by atoms with Crippen LogP contribution < -0.4 is 5.32 Å². The predicted octanol–water partition coefficient (Wildman–Crippen LogP) is 4.25. The van der Waals surface area contributed by atoms with Crippen LogP contribution in [0.5, 0.6) is 0 Å². The number of hydrogen-bond donors (Lipinski definition) is 1. The van der Waals surface area contributed by atoms with Gasteiger partial charge in [-0.15, -0.1) is 0 Å². The standard InChI is InChI=1S/C25H24N4O2/c30-24(19-3-1-17(2-4-19)9-18-5-7-26-8-6-18)12-22-10-20-11-23(25-15-27-16-31-25)29-14-21(20)13-28-22/h1-4,10-11,13-16,18,26H,5-9,12H2. The van der Waals surface area contributed by atoms with E-state index < -0.39 is 0 Å². The second kappa shape index (κ2) is 8.78. The zero-order valence-electron chi connectivity index (χ0n) is 17.3. The third-order valence-electron chi connectivity index (χ3n) is 5.95. The minimum atomic E-state index is 0.0739. The Balaban J connectivity index is 1.29. The van der Waals surface area contributed by atoms with Gasteiger partial charge in [-0.1, -0.05) is 24.3 Å². The monoisotopic (exact) mass is 412 g/mol. The number of ketones is 1. The molecule has 3 aromatic heterocycles. The SMILES string of the molecule is O=C(Cc1cc2cc(-c3cnco3)ncc2cn1)c1ccc(CC2CCNCC2)cc1. The predicted molar refractivity (Wildman–Crippen MR) is 119 cm³/mol. The van der Waals surface area contributed by atoms with Crippen LogP contribution in [0.2, 0.25) is 0 Å². The Morgan fingerprint density at radius 1 is 1.00 bits per heavy atom. The molecule has 0 bridgehead atoms. The number of pyridine rings is 2. The fourth-order valence-corrected chi connectivity index (χ4v) is 4.17. The van der Waals surface area contributed by atoms with E-state index in [9.17, 15) is 4.79 Å². The first-order chi connectivity index (χ1) is 15.2. The van der Waals surface area contributed by atoms with Crippen molar-refractivity contribution in [3.05, 3.63) is 78.2 Å². The number of carbonyl (C=O) groups excluding carboxylic acids is 1. The molecule has 1 N–H and O–H groups in total. The highest BCUT2D eigenvalue weighted by Gasteiger charge is 2.14. The maximum Gasteiger partial charge on any atom is 0.181 e. The van der Waals surface area contributed by atoms with Crippen molar-refractivity contribution in [3.8, 4) is 11.5 Å². The van der Waals surface area contributed by atoms with E-state index in [2.05, 4.69) is 32.4 Å². The van der Waals surface area contributed by atoms with E-state index in [0.717, 1.165) is 47.5 Å². The van der Waals surface area contributed by atoms with Gasteiger partial charge in [0.25, 0.3) is 0 Å². The fourth-order valence-electron chi connectivity index (χ4n) is 4.17. The van der Waals surface area contributed by atoms with Gasteiger partial charge in [-0.05, 0) is 61.4 Å². The number of carbonyl (C=O) groups is 1. The van der Waals surface area contributed by atoms with Crippen LogP contribution in [0.3, 0.4) is 0 Å². The van der Waals surface area contributed by atoms with Crippen molar-refractivity contribution in [1.82, 2.24) is 20.3 Å². The molecule has 4 heterocycles. The number of Topliss-reactive ketones (excluding diaryl/α,β-unsaturated/α-hetero) is 1. The second-order valence-corrected chi connectivity index (χ2v) is 8.15. The van der Waals surface area contributed by atoms with Crippen LogP contribution in [-0.2, 0) is 12.8 Å². The van der Waals surface area contributed by atoms with Gasteiger partial charge in [-0.2, -0.15) is 0 Å². The van der Waals surface area contributed by atoms with E-state index in [1.165, 1.54) is 24.8 Å². The maximum absolute atomic E-state index is 12.8. The summed E-state index contributed by atoms with van der Waals surface area (Å²) >= 11 is 0. The van der Waals surface area contributed by atoms with Crippen LogP contribution in [0.25, 0.3) is 22.2 Å². The van der Waals surface area contributed by atoms with Crippen molar-refractivity contribution < 1.29 is 9.21 Å². The first-order valence-electron chi connectivity index (χ1n) is 10.7. The molecule has 0 spiro atoms. The molecule has 156 valence electrons. The smallest absolute Gasteiger partial charge is 0.181 e. The number of nitrogens with one attached hydrogen (secondary N) is 1. The van der Waals surface area contributed by atoms with Gasteiger partial charge in [-0.3, -0.25) is 14.8 Å². The summed E-state index contributed by atoms with van der Waals surface area (Å²) in [6.07, 6.45) is 10.3. The molecule has 6 nitrogen and oxygen atoms in total. The molecule has 4 aromatic rings. The normalized spacial score (nSPS) is 14.7. The molecule has 0 aliphatic carbocycles. The largest absolute Gasteiger partial charge is 0.442 e. The number of rotatable bonds is 6. The molecule has 0 atom stereocenters. The zero-order chi connectivity index (χ0) is 21.0. The van der Waals surface area contributed by atoms with Gasteiger partial charge in [0.15, 0.2) is 17.9 Å². The van der Waals surface area contributed by atoms with E-state index >= 15 is 0 Å². The van der Waals surface area contributed by atoms with Crippen LogP contribution in [0.15, 0.2) is 65.8 Å². The number of hydrogen-bond acceptors (Lipinski definition) is 6. The van der Waals surface area contributed by atoms with Gasteiger partial charge >= 0.3 is 0 Å². The Kier molecular flexibility index (Phi) is 5.54. The molecule has 1 saturated heterocycles. The minimum absolute atomic E-state index is 0.0739. The minimum Gasteiger partial charge on any atom is -0.442 e. The third kappa shape index (κ3) is 4.54. The summed E-state index contributed by atoms with van der Waals surface area (Å²) in [4.78, 5) is 25.6. The summed E-state index contributed by atoms with van der Waals surface area (Å²) in [7, 11) is 0. The molecule has 1 aliphatic heterocycles. The summed E-state index contributed by atoms with van der Waals surface area (Å²) in [6.45, 7) is 2.21. The van der Waals surface area contributed by atoms with Crippen molar-refractivity contribution in [3.63, 3.8) is 0 Å². The van der Waals surface area contributed by atoms with E-state index in [4.69, 9.17) is 4.42 Å². The summed E-state index contributed by atoms with van der Waals surface area (Å²) in [5.74, 6) is 1.42. The number of fused-ring (bicyclic) bond motifs is 1. The van der Waals surface area contributed by atoms with Gasteiger partial charge in [0.05, 0.1) is 12.6 Å². The quantitative estimate of drug-likeness (QED) is 0.477. The molecular weight excluding hydrogens is 388 g/mol. The van der Waals surface area contributed by atoms with Crippen LogP contribution in [0.4, 0.5) is 0 Å². The highest BCUT2D eigenvalue weighted by Crippen LogP contribution is 2.22. The number of benzene rings is 1. The molecule has 6 heteroatoms. The molecule has 1 aromatic carbocycles. The summed E-state index contributed by atoms with van der Waals surface area (Å²) < 4.78 is 5.33. The lowest BCUT2D eigenvalue weighted by Gasteiger charge is -2.22. The Labute approximate surface area is 180 Å². The van der Waals surface area contributed by atoms with Crippen LogP contribution in [0, 0.1) is 5.92 Å². The molecular formula is C25H24N4O2. The van der Waals surface area contributed by atoms with Crippen molar-refractivity contribution >= 4 is 16.6 Å². The molecule has 1 fully saturated rings. The highest BCUT2D eigenvalue weighted by atomic mass is 16.3. The summed E-state index contributed by atoms with van der Waals surface area (Å²) in [5, 5.41) is 5.29. The first kappa shape index (κ1) is 19.6. The van der Waals surface area contributed by atoms with Crippen molar-refractivity contribution in [2.45, 2.75) is 25.7 Å². The number of nitrogens with zero attached hydrogens (tertiary/aromatic N) is 3. The van der Waals surface area contributed by atoms with Gasteiger partial charge in [0.1, 0.15) is 5.69 Å². The number of aromatic nitrogens is 3. The lowest BCUT2D eigenvalue weighted by molar-refractivity contribution is 0.0992. The number of oxazole rings is 1. The molecule has 31 heavy (non-hydrogen) atoms. The molecule has 0 amide bonds.